The van der Waals surface area contributed by atoms with E-state index in [2.05, 4.69) is 15.6 Å². The van der Waals surface area contributed by atoms with Gasteiger partial charge in [0, 0.05) is 18.1 Å². The van der Waals surface area contributed by atoms with E-state index in [1.807, 2.05) is 12.1 Å². The Kier molecular flexibility index (Phi) is 10.2. The second-order valence-corrected chi connectivity index (χ2v) is 10.2. The summed E-state index contributed by atoms with van der Waals surface area (Å²) in [5, 5.41) is 15.7. The minimum atomic E-state index is -1.29. The van der Waals surface area contributed by atoms with Crippen LogP contribution in [-0.4, -0.2) is 75.4 Å². The minimum Gasteiger partial charge on any atom is -0.481 e. The van der Waals surface area contributed by atoms with Gasteiger partial charge in [-0.15, -0.1) is 0 Å². The molecule has 11 nitrogen and oxygen atoms in total. The molecule has 212 valence electrons. The van der Waals surface area contributed by atoms with Crippen molar-refractivity contribution in [2.24, 2.45) is 5.92 Å². The number of aromatic nitrogens is 1. The number of ketones is 1. The third-order valence-electron chi connectivity index (χ3n) is 6.72. The van der Waals surface area contributed by atoms with Crippen molar-refractivity contribution in [2.75, 3.05) is 6.54 Å². The zero-order valence-corrected chi connectivity index (χ0v) is 22.8. The van der Waals surface area contributed by atoms with E-state index in [1.165, 1.54) is 24.1 Å². The van der Waals surface area contributed by atoms with E-state index in [4.69, 9.17) is 5.11 Å². The van der Waals surface area contributed by atoms with Gasteiger partial charge in [-0.3, -0.25) is 29.0 Å². The summed E-state index contributed by atoms with van der Waals surface area (Å²) in [6.45, 7) is 5.07. The number of allylic oxidation sites excluding steroid dienone is 1. The van der Waals surface area contributed by atoms with E-state index in [1.54, 1.807) is 32.0 Å². The number of fused-ring (bicyclic) bond motifs is 1. The van der Waals surface area contributed by atoms with Gasteiger partial charge >= 0.3 is 5.97 Å². The number of aliphatic carboxylic acids is 1. The summed E-state index contributed by atoms with van der Waals surface area (Å²) in [5.74, 6) is -3.60. The molecule has 3 amide bonds. The topological polar surface area (TPSA) is 163 Å². The number of hydrogen-bond donors (Lipinski definition) is 3. The van der Waals surface area contributed by atoms with Crippen LogP contribution in [0.25, 0.3) is 10.8 Å². The Balaban J connectivity index is 1.92. The standard InChI is InChI=1S/C29H34N4O7/c1-17(2)25(32-28(39)26-22-9-5-4-8-20(22)10-11-30-26)29(40)33-12-6-7-19(13-18(3)35)14-23(33)27(38)31-21(16-34)15-24(36)37/h4-5,8-11,13,16-17,21,23,25H,6-7,12,14-15H2,1-3H3,(H,31,38)(H,32,39)(H,36,37)/b19-13-/t21?,23-,25-/m0/s1. The molecular formula is C29H34N4O7. The highest BCUT2D eigenvalue weighted by Crippen LogP contribution is 2.25. The van der Waals surface area contributed by atoms with Gasteiger partial charge < -0.3 is 25.4 Å². The summed E-state index contributed by atoms with van der Waals surface area (Å²) in [4.78, 5) is 80.6. The quantitative estimate of drug-likeness (QED) is 0.299. The first-order chi connectivity index (χ1) is 19.0. The number of benzene rings is 1. The molecule has 1 aliphatic rings. The van der Waals surface area contributed by atoms with Crippen molar-refractivity contribution in [3.05, 3.63) is 53.9 Å². The molecule has 1 fully saturated rings. The lowest BCUT2D eigenvalue weighted by molar-refractivity contribution is -0.144. The SMILES string of the molecule is CC(=O)/C=C1/CCCN(C(=O)[C@@H](NC(=O)c2nccc3ccccc23)C(C)C)[C@H](C(=O)NC(C=O)CC(=O)O)C1. The van der Waals surface area contributed by atoms with Crippen molar-refractivity contribution in [3.63, 3.8) is 0 Å². The van der Waals surface area contributed by atoms with Crippen LogP contribution in [0.5, 0.6) is 0 Å². The van der Waals surface area contributed by atoms with Crippen molar-refractivity contribution in [1.82, 2.24) is 20.5 Å². The van der Waals surface area contributed by atoms with Gasteiger partial charge in [0.25, 0.3) is 5.91 Å². The van der Waals surface area contributed by atoms with Crippen LogP contribution in [0.2, 0.25) is 0 Å². The van der Waals surface area contributed by atoms with Gasteiger partial charge in [0.2, 0.25) is 11.8 Å². The Bertz CT molecular complexity index is 1330. The van der Waals surface area contributed by atoms with E-state index in [0.717, 1.165) is 5.39 Å². The number of carboxylic acid groups (broad SMARTS) is 1. The second kappa shape index (κ2) is 13.6. The second-order valence-electron chi connectivity index (χ2n) is 10.2. The maximum absolute atomic E-state index is 14.0. The van der Waals surface area contributed by atoms with Gasteiger partial charge in [0.05, 0.1) is 12.5 Å². The van der Waals surface area contributed by atoms with Gasteiger partial charge in [0.1, 0.15) is 24.1 Å². The molecule has 0 saturated carbocycles. The third kappa shape index (κ3) is 7.58. The molecule has 1 aromatic heterocycles. The smallest absolute Gasteiger partial charge is 0.305 e. The van der Waals surface area contributed by atoms with Crippen molar-refractivity contribution in [2.45, 2.75) is 64.6 Å². The van der Waals surface area contributed by atoms with Crippen LogP contribution in [0, 0.1) is 5.92 Å². The highest BCUT2D eigenvalue weighted by Gasteiger charge is 2.38. The number of carbonyl (C=O) groups is 6. The molecule has 1 aromatic carbocycles. The number of carboxylic acids is 1. The molecule has 40 heavy (non-hydrogen) atoms. The van der Waals surface area contributed by atoms with Crippen LogP contribution in [0.4, 0.5) is 0 Å². The number of likely N-dealkylation sites (tertiary alicyclic amines) is 1. The summed E-state index contributed by atoms with van der Waals surface area (Å²) in [6.07, 6.45) is 3.62. The van der Waals surface area contributed by atoms with Crippen molar-refractivity contribution >= 4 is 46.5 Å². The van der Waals surface area contributed by atoms with Crippen molar-refractivity contribution in [3.8, 4) is 0 Å². The van der Waals surface area contributed by atoms with Crippen LogP contribution in [0.3, 0.4) is 0 Å². The largest absolute Gasteiger partial charge is 0.481 e. The lowest BCUT2D eigenvalue weighted by Gasteiger charge is -2.34. The van der Waals surface area contributed by atoms with Crippen LogP contribution < -0.4 is 10.6 Å². The lowest BCUT2D eigenvalue weighted by atomic mass is 9.98. The number of amides is 3. The summed E-state index contributed by atoms with van der Waals surface area (Å²) in [6, 6.07) is 5.60. The van der Waals surface area contributed by atoms with Crippen LogP contribution in [0.1, 0.15) is 56.9 Å². The highest BCUT2D eigenvalue weighted by atomic mass is 16.4. The fourth-order valence-corrected chi connectivity index (χ4v) is 4.81. The van der Waals surface area contributed by atoms with Crippen molar-refractivity contribution < 1.29 is 33.9 Å². The predicted octanol–water partition coefficient (Wildman–Crippen LogP) is 2.04. The average molecular weight is 551 g/mol. The van der Waals surface area contributed by atoms with Gasteiger partial charge in [-0.1, -0.05) is 43.7 Å². The number of carbonyl (C=O) groups excluding carboxylic acids is 5. The number of hydrogen-bond acceptors (Lipinski definition) is 7. The highest BCUT2D eigenvalue weighted by molar-refractivity contribution is 6.06. The molecule has 0 radical (unpaired) electrons. The molecule has 0 aliphatic carbocycles. The lowest BCUT2D eigenvalue weighted by Crippen LogP contribution is -2.58. The van der Waals surface area contributed by atoms with Crippen LogP contribution in [-0.2, 0) is 24.0 Å². The Morgan fingerprint density at radius 2 is 1.85 bits per heavy atom. The first-order valence-corrected chi connectivity index (χ1v) is 13.1. The Hall–Kier alpha value is -4.41. The number of nitrogens with zero attached hydrogens (tertiary/aromatic N) is 2. The molecule has 3 atom stereocenters. The Labute approximate surface area is 232 Å². The molecular weight excluding hydrogens is 516 g/mol. The fourth-order valence-electron chi connectivity index (χ4n) is 4.81. The number of rotatable bonds is 10. The molecule has 0 spiro atoms. The summed E-state index contributed by atoms with van der Waals surface area (Å²) < 4.78 is 0. The molecule has 3 N–H and O–H groups in total. The minimum absolute atomic E-state index is 0.0272. The third-order valence-corrected chi connectivity index (χ3v) is 6.72. The van der Waals surface area contributed by atoms with E-state index in [0.29, 0.717) is 30.1 Å². The van der Waals surface area contributed by atoms with E-state index < -0.39 is 48.2 Å². The van der Waals surface area contributed by atoms with Gasteiger partial charge in [0.15, 0.2) is 5.78 Å². The van der Waals surface area contributed by atoms with Crippen molar-refractivity contribution in [1.29, 1.82) is 0 Å². The zero-order chi connectivity index (χ0) is 29.4. The number of nitrogens with one attached hydrogen (secondary N) is 2. The molecule has 11 heteroatoms. The number of pyridine rings is 1. The Morgan fingerprint density at radius 3 is 2.50 bits per heavy atom. The van der Waals surface area contributed by atoms with Crippen LogP contribution in [0.15, 0.2) is 48.2 Å². The van der Waals surface area contributed by atoms with Gasteiger partial charge in [-0.25, -0.2) is 0 Å². The predicted molar refractivity (Wildman–Crippen MR) is 146 cm³/mol. The molecule has 3 rings (SSSR count). The molecule has 2 aromatic rings. The summed E-state index contributed by atoms with van der Waals surface area (Å²) in [5.41, 5.74) is 0.824. The van der Waals surface area contributed by atoms with E-state index in [9.17, 15) is 28.8 Å². The molecule has 0 bridgehead atoms. The summed E-state index contributed by atoms with van der Waals surface area (Å²) >= 11 is 0. The van der Waals surface area contributed by atoms with E-state index >= 15 is 0 Å². The molecule has 1 saturated heterocycles. The molecule has 1 unspecified atom stereocenters. The normalized spacial score (nSPS) is 18.1. The van der Waals surface area contributed by atoms with E-state index in [-0.39, 0.29) is 30.4 Å². The Morgan fingerprint density at radius 1 is 1.12 bits per heavy atom. The first kappa shape index (κ1) is 30.1. The molecule has 1 aliphatic heterocycles. The van der Waals surface area contributed by atoms with Crippen LogP contribution >= 0.6 is 0 Å². The summed E-state index contributed by atoms with van der Waals surface area (Å²) in [7, 11) is 0. The fraction of sp³-hybridized carbons (Fsp3) is 0.414. The zero-order valence-electron chi connectivity index (χ0n) is 22.8. The first-order valence-electron chi connectivity index (χ1n) is 13.1. The van der Waals surface area contributed by atoms with Gasteiger partial charge in [-0.2, -0.15) is 0 Å². The monoisotopic (exact) mass is 550 g/mol. The number of aldehydes is 1. The molecule has 2 heterocycles. The van der Waals surface area contributed by atoms with Gasteiger partial charge in [-0.05, 0) is 49.6 Å². The maximum atomic E-state index is 14.0. The maximum Gasteiger partial charge on any atom is 0.305 e. The average Bonchev–Trinajstić information content (AvgIpc) is 3.12.